The van der Waals surface area contributed by atoms with Gasteiger partial charge in [0.25, 0.3) is 0 Å². The summed E-state index contributed by atoms with van der Waals surface area (Å²) in [4.78, 5) is 21.4. The van der Waals surface area contributed by atoms with Gasteiger partial charge in [0.2, 0.25) is 5.91 Å². The summed E-state index contributed by atoms with van der Waals surface area (Å²) < 4.78 is 0. The van der Waals surface area contributed by atoms with Gasteiger partial charge in [-0.15, -0.1) is 0 Å². The van der Waals surface area contributed by atoms with Crippen LogP contribution in [0.4, 0.5) is 0 Å². The molecule has 1 N–H and O–H groups in total. The molecule has 1 heterocycles. The zero-order valence-corrected chi connectivity index (χ0v) is 10.2. The highest BCUT2D eigenvalue weighted by Crippen LogP contribution is 2.10. The van der Waals surface area contributed by atoms with Gasteiger partial charge in [0, 0.05) is 32.5 Å². The van der Waals surface area contributed by atoms with Crippen LogP contribution in [0.5, 0.6) is 0 Å². The molecule has 88 valence electrons. The molecule has 0 aliphatic carbocycles. The standard InChI is InChI=1S/C11H18N4O/c1-8-11(13-6-5-12-8)9(2)14-7-10(16)15(3)4/h5-6,9,14H,7H2,1-4H3. The van der Waals surface area contributed by atoms with E-state index in [1.165, 1.54) is 0 Å². The molecule has 0 aromatic carbocycles. The van der Waals surface area contributed by atoms with Gasteiger partial charge in [-0.1, -0.05) is 0 Å². The maximum absolute atomic E-state index is 11.4. The van der Waals surface area contributed by atoms with E-state index in [9.17, 15) is 4.79 Å². The monoisotopic (exact) mass is 222 g/mol. The highest BCUT2D eigenvalue weighted by atomic mass is 16.2. The molecule has 0 aliphatic heterocycles. The summed E-state index contributed by atoms with van der Waals surface area (Å²) in [6.07, 6.45) is 3.32. The van der Waals surface area contributed by atoms with Crippen LogP contribution in [0.1, 0.15) is 24.4 Å². The molecule has 16 heavy (non-hydrogen) atoms. The van der Waals surface area contributed by atoms with E-state index < -0.39 is 0 Å². The quantitative estimate of drug-likeness (QED) is 0.807. The van der Waals surface area contributed by atoms with Crippen molar-refractivity contribution in [3.63, 3.8) is 0 Å². The van der Waals surface area contributed by atoms with Gasteiger partial charge in [0.1, 0.15) is 0 Å². The number of hydrogen-bond acceptors (Lipinski definition) is 4. The van der Waals surface area contributed by atoms with Crippen LogP contribution in [0.3, 0.4) is 0 Å². The lowest BCUT2D eigenvalue weighted by molar-refractivity contribution is -0.127. The van der Waals surface area contributed by atoms with Crippen molar-refractivity contribution in [2.45, 2.75) is 19.9 Å². The van der Waals surface area contributed by atoms with Crippen LogP contribution in [-0.4, -0.2) is 41.4 Å². The normalized spacial score (nSPS) is 12.2. The van der Waals surface area contributed by atoms with E-state index in [4.69, 9.17) is 0 Å². The van der Waals surface area contributed by atoms with Crippen molar-refractivity contribution in [1.82, 2.24) is 20.2 Å². The number of aromatic nitrogens is 2. The predicted molar refractivity (Wildman–Crippen MR) is 61.9 cm³/mol. The van der Waals surface area contributed by atoms with Gasteiger partial charge < -0.3 is 10.2 Å². The first-order chi connectivity index (χ1) is 7.52. The molecule has 0 aliphatic rings. The molecule has 0 radical (unpaired) electrons. The van der Waals surface area contributed by atoms with Crippen molar-refractivity contribution in [3.8, 4) is 0 Å². The zero-order valence-electron chi connectivity index (χ0n) is 10.2. The SMILES string of the molecule is Cc1nccnc1C(C)NCC(=O)N(C)C. The molecule has 0 saturated heterocycles. The average Bonchev–Trinajstić information content (AvgIpc) is 2.25. The first-order valence-electron chi connectivity index (χ1n) is 5.23. The number of rotatable bonds is 4. The topological polar surface area (TPSA) is 58.1 Å². The fourth-order valence-corrected chi connectivity index (χ4v) is 1.34. The molecular weight excluding hydrogens is 204 g/mol. The second kappa shape index (κ2) is 5.55. The highest BCUT2D eigenvalue weighted by Gasteiger charge is 2.12. The minimum atomic E-state index is 0.0256. The number of carbonyl (C=O) groups excluding carboxylic acids is 1. The van der Waals surface area contributed by atoms with E-state index in [0.29, 0.717) is 6.54 Å². The summed E-state index contributed by atoms with van der Waals surface area (Å²) in [5.41, 5.74) is 1.77. The number of hydrogen-bond donors (Lipinski definition) is 1. The second-order valence-corrected chi connectivity index (χ2v) is 3.92. The summed E-state index contributed by atoms with van der Waals surface area (Å²) in [6, 6.07) is 0.0256. The third-order valence-corrected chi connectivity index (χ3v) is 2.39. The van der Waals surface area contributed by atoms with E-state index in [1.807, 2.05) is 13.8 Å². The van der Waals surface area contributed by atoms with Gasteiger partial charge in [-0.05, 0) is 13.8 Å². The molecule has 0 spiro atoms. The Morgan fingerprint density at radius 2 is 2.06 bits per heavy atom. The van der Waals surface area contributed by atoms with Crippen LogP contribution < -0.4 is 5.32 Å². The fourth-order valence-electron chi connectivity index (χ4n) is 1.34. The molecule has 1 aromatic heterocycles. The first kappa shape index (κ1) is 12.6. The molecule has 0 bridgehead atoms. The van der Waals surface area contributed by atoms with Crippen molar-refractivity contribution in [2.24, 2.45) is 0 Å². The minimum absolute atomic E-state index is 0.0256. The number of aryl methyl sites for hydroxylation is 1. The molecule has 1 aromatic rings. The third kappa shape index (κ3) is 3.27. The Bertz CT molecular complexity index is 365. The van der Waals surface area contributed by atoms with E-state index >= 15 is 0 Å². The minimum Gasteiger partial charge on any atom is -0.348 e. The Balaban J connectivity index is 2.56. The van der Waals surface area contributed by atoms with Gasteiger partial charge in [-0.25, -0.2) is 0 Å². The Kier molecular flexibility index (Phi) is 4.37. The van der Waals surface area contributed by atoms with Gasteiger partial charge in [-0.3, -0.25) is 14.8 Å². The highest BCUT2D eigenvalue weighted by molar-refractivity contribution is 5.77. The Hall–Kier alpha value is -1.49. The lowest BCUT2D eigenvalue weighted by Gasteiger charge is -2.16. The Morgan fingerprint density at radius 1 is 1.44 bits per heavy atom. The van der Waals surface area contributed by atoms with Crippen molar-refractivity contribution in [2.75, 3.05) is 20.6 Å². The maximum Gasteiger partial charge on any atom is 0.236 e. The first-order valence-corrected chi connectivity index (χ1v) is 5.23. The summed E-state index contributed by atoms with van der Waals surface area (Å²) in [5.74, 6) is 0.0494. The van der Waals surface area contributed by atoms with Crippen LogP contribution in [0.25, 0.3) is 0 Å². The lowest BCUT2D eigenvalue weighted by Crippen LogP contribution is -2.34. The van der Waals surface area contributed by atoms with Gasteiger partial charge >= 0.3 is 0 Å². The van der Waals surface area contributed by atoms with Crippen LogP contribution >= 0.6 is 0 Å². The van der Waals surface area contributed by atoms with Crippen LogP contribution in [0.2, 0.25) is 0 Å². The second-order valence-electron chi connectivity index (χ2n) is 3.92. The average molecular weight is 222 g/mol. The smallest absolute Gasteiger partial charge is 0.236 e. The van der Waals surface area contributed by atoms with Crippen LogP contribution in [0, 0.1) is 6.92 Å². The lowest BCUT2D eigenvalue weighted by atomic mass is 10.2. The molecule has 5 nitrogen and oxygen atoms in total. The molecule has 5 heteroatoms. The van der Waals surface area contributed by atoms with E-state index in [0.717, 1.165) is 11.4 Å². The van der Waals surface area contributed by atoms with Crippen LogP contribution in [0.15, 0.2) is 12.4 Å². The number of carbonyl (C=O) groups is 1. The molecule has 1 atom stereocenters. The number of nitrogens with zero attached hydrogens (tertiary/aromatic N) is 3. The van der Waals surface area contributed by atoms with Crippen molar-refractivity contribution >= 4 is 5.91 Å². The van der Waals surface area contributed by atoms with E-state index in [1.54, 1.807) is 31.4 Å². The summed E-state index contributed by atoms with van der Waals surface area (Å²) >= 11 is 0. The predicted octanol–water partition coefficient (Wildman–Crippen LogP) is 0.524. The summed E-state index contributed by atoms with van der Waals surface area (Å²) in [7, 11) is 3.48. The molecular formula is C11H18N4O. The largest absolute Gasteiger partial charge is 0.348 e. The van der Waals surface area contributed by atoms with Crippen molar-refractivity contribution in [1.29, 1.82) is 0 Å². The van der Waals surface area contributed by atoms with E-state index in [2.05, 4.69) is 15.3 Å². The molecule has 0 saturated carbocycles. The summed E-state index contributed by atoms with van der Waals surface area (Å²) in [5, 5.41) is 3.13. The zero-order chi connectivity index (χ0) is 12.1. The summed E-state index contributed by atoms with van der Waals surface area (Å²) in [6.45, 7) is 4.19. The molecule has 1 rings (SSSR count). The fraction of sp³-hybridized carbons (Fsp3) is 0.545. The van der Waals surface area contributed by atoms with Gasteiger partial charge in [0.05, 0.1) is 17.9 Å². The van der Waals surface area contributed by atoms with Crippen molar-refractivity contribution in [3.05, 3.63) is 23.8 Å². The van der Waals surface area contributed by atoms with Gasteiger partial charge in [0.15, 0.2) is 0 Å². The third-order valence-electron chi connectivity index (χ3n) is 2.39. The van der Waals surface area contributed by atoms with Crippen molar-refractivity contribution < 1.29 is 4.79 Å². The number of amides is 1. The molecule has 0 fully saturated rings. The Labute approximate surface area is 95.9 Å². The Morgan fingerprint density at radius 3 is 2.62 bits per heavy atom. The maximum atomic E-state index is 11.4. The molecule has 1 amide bonds. The number of likely N-dealkylation sites (N-methyl/N-ethyl adjacent to an activating group) is 1. The molecule has 1 unspecified atom stereocenters. The van der Waals surface area contributed by atoms with Crippen LogP contribution in [-0.2, 0) is 4.79 Å². The van der Waals surface area contributed by atoms with Gasteiger partial charge in [-0.2, -0.15) is 0 Å². The number of nitrogens with one attached hydrogen (secondary N) is 1. The van der Waals surface area contributed by atoms with E-state index in [-0.39, 0.29) is 11.9 Å².